The van der Waals surface area contributed by atoms with Gasteiger partial charge >= 0.3 is 5.97 Å². The van der Waals surface area contributed by atoms with Crippen LogP contribution in [0.1, 0.15) is 10.4 Å². The third-order valence-electron chi connectivity index (χ3n) is 2.33. The van der Waals surface area contributed by atoms with Crippen molar-refractivity contribution in [2.75, 3.05) is 0 Å². The van der Waals surface area contributed by atoms with Gasteiger partial charge in [-0.2, -0.15) is 0 Å². The van der Waals surface area contributed by atoms with Crippen LogP contribution in [0, 0.1) is 5.82 Å². The lowest BCUT2D eigenvalue weighted by atomic mass is 10.0. The van der Waals surface area contributed by atoms with Crippen LogP contribution in [0.4, 0.5) is 4.39 Å². The standard InChI is InChI=1S/C12H6Cl2FNO2/c13-9-3-6(1-2-10(9)15)8-5-16-11(14)4-7(8)12(17)18/h1-5H,(H,17,18). The summed E-state index contributed by atoms with van der Waals surface area (Å²) in [6.07, 6.45) is 1.31. The molecule has 1 heterocycles. The third-order valence-corrected chi connectivity index (χ3v) is 2.83. The van der Waals surface area contributed by atoms with Crippen LogP contribution in [0.3, 0.4) is 0 Å². The van der Waals surface area contributed by atoms with Crippen molar-refractivity contribution in [1.29, 1.82) is 0 Å². The zero-order chi connectivity index (χ0) is 13.3. The van der Waals surface area contributed by atoms with E-state index in [1.165, 1.54) is 24.4 Å². The molecule has 0 saturated heterocycles. The number of pyridine rings is 1. The first-order valence-corrected chi connectivity index (χ1v) is 5.59. The maximum Gasteiger partial charge on any atom is 0.336 e. The lowest BCUT2D eigenvalue weighted by Crippen LogP contribution is -2.00. The Kier molecular flexibility index (Phi) is 3.50. The van der Waals surface area contributed by atoms with Gasteiger partial charge in [-0.3, -0.25) is 0 Å². The molecule has 2 aromatic rings. The minimum atomic E-state index is -1.14. The predicted molar refractivity (Wildman–Crippen MR) is 66.6 cm³/mol. The molecule has 1 aromatic heterocycles. The maximum atomic E-state index is 13.1. The molecular formula is C12H6Cl2FNO2. The molecule has 0 unspecified atom stereocenters. The molecule has 0 spiro atoms. The van der Waals surface area contributed by atoms with Crippen LogP contribution in [0.5, 0.6) is 0 Å². The average Bonchev–Trinajstić information content (AvgIpc) is 2.32. The maximum absolute atomic E-state index is 13.1. The monoisotopic (exact) mass is 285 g/mol. The van der Waals surface area contributed by atoms with Crippen LogP contribution in [-0.4, -0.2) is 16.1 Å². The quantitative estimate of drug-likeness (QED) is 0.852. The molecule has 0 atom stereocenters. The summed E-state index contributed by atoms with van der Waals surface area (Å²) in [4.78, 5) is 14.9. The molecule has 0 radical (unpaired) electrons. The number of carboxylic acid groups (broad SMARTS) is 1. The Morgan fingerprint density at radius 2 is 2.00 bits per heavy atom. The number of aromatic nitrogens is 1. The highest BCUT2D eigenvalue weighted by molar-refractivity contribution is 6.31. The van der Waals surface area contributed by atoms with Crippen molar-refractivity contribution in [1.82, 2.24) is 4.98 Å². The van der Waals surface area contributed by atoms with Crippen molar-refractivity contribution in [3.63, 3.8) is 0 Å². The van der Waals surface area contributed by atoms with E-state index >= 15 is 0 Å². The summed E-state index contributed by atoms with van der Waals surface area (Å²) in [5, 5.41) is 9.07. The second-order valence-electron chi connectivity index (χ2n) is 3.49. The van der Waals surface area contributed by atoms with E-state index in [2.05, 4.69) is 4.98 Å². The van der Waals surface area contributed by atoms with Crippen molar-refractivity contribution < 1.29 is 14.3 Å². The van der Waals surface area contributed by atoms with Gasteiger partial charge in [-0.05, 0) is 23.8 Å². The fourth-order valence-electron chi connectivity index (χ4n) is 1.50. The molecule has 6 heteroatoms. The molecule has 0 bridgehead atoms. The van der Waals surface area contributed by atoms with Gasteiger partial charge in [0.25, 0.3) is 0 Å². The number of carboxylic acids is 1. The Morgan fingerprint density at radius 1 is 1.28 bits per heavy atom. The molecule has 18 heavy (non-hydrogen) atoms. The van der Waals surface area contributed by atoms with E-state index in [0.29, 0.717) is 11.1 Å². The normalized spacial score (nSPS) is 10.4. The van der Waals surface area contributed by atoms with Gasteiger partial charge in [0.2, 0.25) is 0 Å². The van der Waals surface area contributed by atoms with Gasteiger partial charge in [0.1, 0.15) is 11.0 Å². The largest absolute Gasteiger partial charge is 0.478 e. The SMILES string of the molecule is O=C(O)c1cc(Cl)ncc1-c1ccc(F)c(Cl)c1. The minimum absolute atomic E-state index is 0.0160. The van der Waals surface area contributed by atoms with E-state index in [1.54, 1.807) is 0 Å². The number of halogens is 3. The second kappa shape index (κ2) is 4.92. The number of hydrogen-bond donors (Lipinski definition) is 1. The highest BCUT2D eigenvalue weighted by Crippen LogP contribution is 2.28. The van der Waals surface area contributed by atoms with Crippen molar-refractivity contribution in [3.8, 4) is 11.1 Å². The van der Waals surface area contributed by atoms with Gasteiger partial charge in [0.15, 0.2) is 0 Å². The molecule has 1 aromatic carbocycles. The number of benzene rings is 1. The number of nitrogens with zero attached hydrogens (tertiary/aromatic N) is 1. The zero-order valence-corrected chi connectivity index (χ0v) is 10.3. The molecule has 1 N–H and O–H groups in total. The molecule has 0 saturated carbocycles. The molecule has 0 aliphatic carbocycles. The highest BCUT2D eigenvalue weighted by atomic mass is 35.5. The molecule has 3 nitrogen and oxygen atoms in total. The Labute approximate surface area is 112 Å². The Morgan fingerprint density at radius 3 is 2.61 bits per heavy atom. The number of hydrogen-bond acceptors (Lipinski definition) is 2. The van der Waals surface area contributed by atoms with Crippen LogP contribution in [0.2, 0.25) is 10.2 Å². The van der Waals surface area contributed by atoms with E-state index < -0.39 is 11.8 Å². The average molecular weight is 286 g/mol. The van der Waals surface area contributed by atoms with Gasteiger partial charge in [0.05, 0.1) is 10.6 Å². The van der Waals surface area contributed by atoms with Crippen molar-refractivity contribution >= 4 is 29.2 Å². The van der Waals surface area contributed by atoms with Gasteiger partial charge in [-0.25, -0.2) is 14.2 Å². The topological polar surface area (TPSA) is 50.2 Å². The van der Waals surface area contributed by atoms with Gasteiger partial charge < -0.3 is 5.11 Å². The molecule has 0 fully saturated rings. The third kappa shape index (κ3) is 2.44. The summed E-state index contributed by atoms with van der Waals surface area (Å²) in [7, 11) is 0. The van der Waals surface area contributed by atoms with Crippen molar-refractivity contribution in [3.05, 3.63) is 52.0 Å². The fraction of sp³-hybridized carbons (Fsp3) is 0. The minimum Gasteiger partial charge on any atom is -0.478 e. The van der Waals surface area contributed by atoms with Crippen LogP contribution >= 0.6 is 23.2 Å². The van der Waals surface area contributed by atoms with E-state index in [1.807, 2.05) is 0 Å². The Bertz CT molecular complexity index is 631. The zero-order valence-electron chi connectivity index (χ0n) is 8.82. The van der Waals surface area contributed by atoms with E-state index in [9.17, 15) is 9.18 Å². The lowest BCUT2D eigenvalue weighted by molar-refractivity contribution is 0.0697. The van der Waals surface area contributed by atoms with Crippen LogP contribution in [0.25, 0.3) is 11.1 Å². The smallest absolute Gasteiger partial charge is 0.336 e. The van der Waals surface area contributed by atoms with E-state index in [4.69, 9.17) is 28.3 Å². The first-order chi connectivity index (χ1) is 8.49. The van der Waals surface area contributed by atoms with Crippen molar-refractivity contribution in [2.24, 2.45) is 0 Å². The molecular weight excluding hydrogens is 280 g/mol. The number of carbonyl (C=O) groups is 1. The summed E-state index contributed by atoms with van der Waals surface area (Å²) < 4.78 is 13.1. The van der Waals surface area contributed by atoms with Gasteiger partial charge in [0, 0.05) is 11.8 Å². The molecule has 92 valence electrons. The fourth-order valence-corrected chi connectivity index (χ4v) is 1.84. The van der Waals surface area contributed by atoms with Crippen LogP contribution < -0.4 is 0 Å². The summed E-state index contributed by atoms with van der Waals surface area (Å²) in [5.74, 6) is -1.71. The number of rotatable bonds is 2. The summed E-state index contributed by atoms with van der Waals surface area (Å²) in [6.45, 7) is 0. The molecule has 0 aliphatic heterocycles. The van der Waals surface area contributed by atoms with Crippen molar-refractivity contribution in [2.45, 2.75) is 0 Å². The molecule has 0 aliphatic rings. The summed E-state index contributed by atoms with van der Waals surface area (Å²) in [6, 6.07) is 5.17. The summed E-state index contributed by atoms with van der Waals surface area (Å²) >= 11 is 11.3. The highest BCUT2D eigenvalue weighted by Gasteiger charge is 2.14. The Balaban J connectivity index is 2.63. The second-order valence-corrected chi connectivity index (χ2v) is 4.28. The lowest BCUT2D eigenvalue weighted by Gasteiger charge is -2.07. The number of aromatic carboxylic acids is 1. The Hall–Kier alpha value is -1.65. The first-order valence-electron chi connectivity index (χ1n) is 4.83. The van der Waals surface area contributed by atoms with Gasteiger partial charge in [-0.15, -0.1) is 0 Å². The predicted octanol–water partition coefficient (Wildman–Crippen LogP) is 3.89. The van der Waals surface area contributed by atoms with Crippen LogP contribution in [-0.2, 0) is 0 Å². The summed E-state index contributed by atoms with van der Waals surface area (Å²) in [5.41, 5.74) is 0.773. The molecule has 2 rings (SSSR count). The first kappa shape index (κ1) is 12.8. The molecule has 0 amide bonds. The van der Waals surface area contributed by atoms with Crippen LogP contribution in [0.15, 0.2) is 30.5 Å². The van der Waals surface area contributed by atoms with E-state index in [-0.39, 0.29) is 15.7 Å². The van der Waals surface area contributed by atoms with Gasteiger partial charge in [-0.1, -0.05) is 29.3 Å². The van der Waals surface area contributed by atoms with E-state index in [0.717, 1.165) is 6.07 Å².